The Bertz CT molecular complexity index is 554. The third-order valence-corrected chi connectivity index (χ3v) is 3.57. The molecule has 2 amide bonds. The van der Waals surface area contributed by atoms with Gasteiger partial charge in [0, 0.05) is 6.54 Å². The molecule has 6 nitrogen and oxygen atoms in total. The summed E-state index contributed by atoms with van der Waals surface area (Å²) in [6.45, 7) is 6.22. The van der Waals surface area contributed by atoms with Crippen molar-refractivity contribution < 1.29 is 19.2 Å². The summed E-state index contributed by atoms with van der Waals surface area (Å²) in [4.78, 5) is 30.2. The number of nitrogens with one attached hydrogen (secondary N) is 1. The minimum Gasteiger partial charge on any atom is -0.444 e. The number of hydrogen-bond donors (Lipinski definition) is 1. The van der Waals surface area contributed by atoms with Crippen LogP contribution >= 0.6 is 0 Å². The van der Waals surface area contributed by atoms with E-state index in [4.69, 9.17) is 9.57 Å². The minimum atomic E-state index is -0.613. The normalized spacial score (nSPS) is 18.9. The Balaban J connectivity index is 1.93. The highest BCUT2D eigenvalue weighted by Crippen LogP contribution is 2.15. The van der Waals surface area contributed by atoms with Crippen LogP contribution in [0.15, 0.2) is 30.3 Å². The van der Waals surface area contributed by atoms with Gasteiger partial charge in [0.25, 0.3) is 5.91 Å². The Kier molecular flexibility index (Phi) is 6.20. The molecule has 24 heavy (non-hydrogen) atoms. The van der Waals surface area contributed by atoms with E-state index in [1.165, 1.54) is 5.06 Å². The molecule has 0 unspecified atom stereocenters. The average Bonchev–Trinajstić information content (AvgIpc) is 2.67. The van der Waals surface area contributed by atoms with Gasteiger partial charge >= 0.3 is 6.09 Å². The highest BCUT2D eigenvalue weighted by Gasteiger charge is 2.30. The molecule has 1 aromatic carbocycles. The van der Waals surface area contributed by atoms with E-state index in [0.29, 0.717) is 19.6 Å². The number of benzene rings is 1. The summed E-state index contributed by atoms with van der Waals surface area (Å²) in [6, 6.07) is 9.06. The van der Waals surface area contributed by atoms with Gasteiger partial charge in [-0.1, -0.05) is 30.3 Å². The lowest BCUT2D eigenvalue weighted by atomic mass is 10.1. The second-order valence-corrected chi connectivity index (χ2v) is 6.89. The van der Waals surface area contributed by atoms with E-state index in [0.717, 1.165) is 18.4 Å². The molecule has 1 heterocycles. The quantitative estimate of drug-likeness (QED) is 0.919. The maximum absolute atomic E-state index is 12.6. The number of ether oxygens (including phenoxy) is 1. The molecule has 1 atom stereocenters. The Morgan fingerprint density at radius 1 is 1.25 bits per heavy atom. The molecule has 2 rings (SSSR count). The summed E-state index contributed by atoms with van der Waals surface area (Å²) in [5, 5.41) is 4.02. The van der Waals surface area contributed by atoms with Crippen molar-refractivity contribution in [3.8, 4) is 0 Å². The third-order valence-electron chi connectivity index (χ3n) is 3.57. The number of hydroxylamine groups is 2. The van der Waals surface area contributed by atoms with E-state index in [1.807, 2.05) is 30.3 Å². The second-order valence-electron chi connectivity index (χ2n) is 6.89. The van der Waals surface area contributed by atoms with E-state index in [2.05, 4.69) is 5.32 Å². The first-order valence-electron chi connectivity index (χ1n) is 8.33. The second kappa shape index (κ2) is 8.15. The van der Waals surface area contributed by atoms with Gasteiger partial charge in [-0.05, 0) is 45.6 Å². The van der Waals surface area contributed by atoms with E-state index < -0.39 is 17.7 Å². The maximum atomic E-state index is 12.6. The predicted molar refractivity (Wildman–Crippen MR) is 90.0 cm³/mol. The van der Waals surface area contributed by atoms with Crippen molar-refractivity contribution in [1.29, 1.82) is 0 Å². The van der Waals surface area contributed by atoms with Crippen LogP contribution in [0.1, 0.15) is 45.6 Å². The van der Waals surface area contributed by atoms with Crippen molar-refractivity contribution in [2.75, 3.05) is 6.54 Å². The summed E-state index contributed by atoms with van der Waals surface area (Å²) < 4.78 is 5.23. The number of hydrogen-bond acceptors (Lipinski definition) is 4. The number of rotatable bonds is 4. The van der Waals surface area contributed by atoms with Gasteiger partial charge in [-0.25, -0.2) is 9.86 Å². The zero-order valence-corrected chi connectivity index (χ0v) is 14.6. The molecule has 0 radical (unpaired) electrons. The van der Waals surface area contributed by atoms with Crippen LogP contribution in [-0.2, 0) is 21.0 Å². The molecule has 0 aliphatic carbocycles. The summed E-state index contributed by atoms with van der Waals surface area (Å²) in [7, 11) is 0. The number of carbonyl (C=O) groups is 2. The summed E-state index contributed by atoms with van der Waals surface area (Å²) in [5.74, 6) is -0.228. The zero-order chi connectivity index (χ0) is 17.6. The van der Waals surface area contributed by atoms with Crippen molar-refractivity contribution in [1.82, 2.24) is 10.4 Å². The SMILES string of the molecule is CC(C)(C)OC(=O)N[C@H]1CCCCN(OCc2ccccc2)C1=O. The predicted octanol–water partition coefficient (Wildman–Crippen LogP) is 3.02. The fraction of sp³-hybridized carbons (Fsp3) is 0.556. The number of carbonyl (C=O) groups excluding carboxylic acids is 2. The first kappa shape index (κ1) is 18.3. The monoisotopic (exact) mass is 334 g/mol. The van der Waals surface area contributed by atoms with Crippen LogP contribution in [0.3, 0.4) is 0 Å². The molecule has 0 aromatic heterocycles. The van der Waals surface area contributed by atoms with E-state index >= 15 is 0 Å². The van der Waals surface area contributed by atoms with Gasteiger partial charge < -0.3 is 10.1 Å². The van der Waals surface area contributed by atoms with E-state index in [1.54, 1.807) is 20.8 Å². The van der Waals surface area contributed by atoms with E-state index in [9.17, 15) is 9.59 Å². The van der Waals surface area contributed by atoms with Crippen LogP contribution in [0.2, 0.25) is 0 Å². The highest BCUT2D eigenvalue weighted by molar-refractivity contribution is 5.85. The molecule has 1 aromatic rings. The Hall–Kier alpha value is -2.08. The number of alkyl carbamates (subject to hydrolysis) is 1. The fourth-order valence-electron chi connectivity index (χ4n) is 2.45. The van der Waals surface area contributed by atoms with Crippen LogP contribution in [0.25, 0.3) is 0 Å². The van der Waals surface area contributed by atoms with Gasteiger partial charge in [-0.3, -0.25) is 9.63 Å². The summed E-state index contributed by atoms with van der Waals surface area (Å²) >= 11 is 0. The standard InChI is InChI=1S/C18H26N2O4/c1-18(2,3)24-17(22)19-15-11-7-8-12-20(16(15)21)23-13-14-9-5-4-6-10-14/h4-6,9-10,15H,7-8,11-13H2,1-3H3,(H,19,22)/t15-/m0/s1. The van der Waals surface area contributed by atoms with Gasteiger partial charge in [0.2, 0.25) is 0 Å². The van der Waals surface area contributed by atoms with Gasteiger partial charge in [0.1, 0.15) is 18.2 Å². The van der Waals surface area contributed by atoms with Crippen LogP contribution < -0.4 is 5.32 Å². The molecule has 1 aliphatic heterocycles. The number of amides is 2. The molecule has 1 N–H and O–H groups in total. The molecular weight excluding hydrogens is 308 g/mol. The molecule has 0 bridgehead atoms. The van der Waals surface area contributed by atoms with Crippen molar-refractivity contribution in [3.63, 3.8) is 0 Å². The average molecular weight is 334 g/mol. The van der Waals surface area contributed by atoms with Gasteiger partial charge in [0.05, 0.1) is 0 Å². The topological polar surface area (TPSA) is 67.9 Å². The summed E-state index contributed by atoms with van der Waals surface area (Å²) in [6.07, 6.45) is 1.69. The Morgan fingerprint density at radius 3 is 2.62 bits per heavy atom. The number of nitrogens with zero attached hydrogens (tertiary/aromatic N) is 1. The van der Waals surface area contributed by atoms with Gasteiger partial charge in [0.15, 0.2) is 0 Å². The van der Waals surface area contributed by atoms with Crippen LogP contribution in [-0.4, -0.2) is 35.3 Å². The smallest absolute Gasteiger partial charge is 0.408 e. The highest BCUT2D eigenvalue weighted by atomic mass is 16.7. The van der Waals surface area contributed by atoms with E-state index in [-0.39, 0.29) is 5.91 Å². The van der Waals surface area contributed by atoms with Crippen LogP contribution in [0.4, 0.5) is 4.79 Å². The minimum absolute atomic E-state index is 0.228. The molecule has 6 heteroatoms. The van der Waals surface area contributed by atoms with Gasteiger partial charge in [-0.15, -0.1) is 0 Å². The Morgan fingerprint density at radius 2 is 1.96 bits per heavy atom. The lowest BCUT2D eigenvalue weighted by Crippen LogP contribution is -2.48. The lowest BCUT2D eigenvalue weighted by molar-refractivity contribution is -0.192. The fourth-order valence-corrected chi connectivity index (χ4v) is 2.45. The summed E-state index contributed by atoms with van der Waals surface area (Å²) in [5.41, 5.74) is 0.396. The van der Waals surface area contributed by atoms with Gasteiger partial charge in [-0.2, -0.15) is 0 Å². The first-order valence-corrected chi connectivity index (χ1v) is 8.33. The Labute approximate surface area is 143 Å². The molecule has 0 saturated carbocycles. The van der Waals surface area contributed by atoms with Crippen molar-refractivity contribution in [2.45, 2.75) is 58.3 Å². The molecular formula is C18H26N2O4. The molecule has 0 spiro atoms. The molecule has 1 saturated heterocycles. The molecule has 132 valence electrons. The zero-order valence-electron chi connectivity index (χ0n) is 14.6. The van der Waals surface area contributed by atoms with Crippen molar-refractivity contribution >= 4 is 12.0 Å². The molecule has 1 fully saturated rings. The lowest BCUT2D eigenvalue weighted by Gasteiger charge is -2.25. The first-order chi connectivity index (χ1) is 11.3. The van der Waals surface area contributed by atoms with Crippen molar-refractivity contribution in [2.24, 2.45) is 0 Å². The van der Waals surface area contributed by atoms with Crippen LogP contribution in [0, 0.1) is 0 Å². The van der Waals surface area contributed by atoms with Crippen molar-refractivity contribution in [3.05, 3.63) is 35.9 Å². The largest absolute Gasteiger partial charge is 0.444 e. The molecule has 1 aliphatic rings. The van der Waals surface area contributed by atoms with Crippen LogP contribution in [0.5, 0.6) is 0 Å². The third kappa shape index (κ3) is 5.85. The maximum Gasteiger partial charge on any atom is 0.408 e.